The minimum atomic E-state index is -0.787. The molecule has 4 unspecified atom stereocenters. The highest BCUT2D eigenvalue weighted by atomic mass is 16.9. The Morgan fingerprint density at radius 2 is 1.60 bits per heavy atom. The first-order valence-corrected chi connectivity index (χ1v) is 6.69. The van der Waals surface area contributed by atoms with Crippen LogP contribution in [0.4, 0.5) is 0 Å². The van der Waals surface area contributed by atoms with Crippen molar-refractivity contribution in [3.8, 4) is 0 Å². The Balaban J connectivity index is 1.82. The zero-order valence-corrected chi connectivity index (χ0v) is 12.0. The van der Waals surface area contributed by atoms with Crippen LogP contribution in [-0.2, 0) is 23.7 Å². The number of azide groups is 1. The Bertz CT molecular complexity index is 448. The highest BCUT2D eigenvalue weighted by Gasteiger charge is 2.60. The van der Waals surface area contributed by atoms with E-state index < -0.39 is 17.9 Å². The zero-order valence-electron chi connectivity index (χ0n) is 12.0. The lowest BCUT2D eigenvalue weighted by Gasteiger charge is -2.43. The van der Waals surface area contributed by atoms with Crippen LogP contribution in [0.2, 0.25) is 0 Å². The first-order chi connectivity index (χ1) is 9.31. The van der Waals surface area contributed by atoms with Gasteiger partial charge in [-0.15, -0.1) is 0 Å². The van der Waals surface area contributed by atoms with Crippen molar-refractivity contribution in [1.82, 2.24) is 0 Å². The van der Waals surface area contributed by atoms with Crippen molar-refractivity contribution in [3.63, 3.8) is 0 Å². The number of hydrogen-bond donors (Lipinski definition) is 0. The van der Waals surface area contributed by atoms with Gasteiger partial charge in [-0.3, -0.25) is 0 Å². The Labute approximate surface area is 116 Å². The van der Waals surface area contributed by atoms with Gasteiger partial charge in [0, 0.05) is 4.91 Å². The monoisotopic (exact) mass is 285 g/mol. The Morgan fingerprint density at radius 1 is 0.950 bits per heavy atom. The quantitative estimate of drug-likeness (QED) is 0.437. The summed E-state index contributed by atoms with van der Waals surface area (Å²) >= 11 is 0. The smallest absolute Gasteiger partial charge is 0.190 e. The van der Waals surface area contributed by atoms with E-state index in [0.717, 1.165) is 0 Å². The summed E-state index contributed by atoms with van der Waals surface area (Å²) in [5.74, 6) is -1.47. The minimum Gasteiger partial charge on any atom is -0.344 e. The third-order valence-electron chi connectivity index (χ3n) is 3.57. The molecule has 0 amide bonds. The zero-order chi connectivity index (χ0) is 14.5. The fraction of sp³-hybridized carbons (Fsp3) is 1.00. The summed E-state index contributed by atoms with van der Waals surface area (Å²) in [5.41, 5.74) is 8.48. The lowest BCUT2D eigenvalue weighted by molar-refractivity contribution is -0.341. The van der Waals surface area contributed by atoms with Gasteiger partial charge in [-0.25, -0.2) is 0 Å². The lowest BCUT2D eigenvalue weighted by atomic mass is 10.0. The van der Waals surface area contributed by atoms with E-state index in [4.69, 9.17) is 29.2 Å². The highest BCUT2D eigenvalue weighted by molar-refractivity contribution is 5.00. The molecule has 0 aromatic heterocycles. The van der Waals surface area contributed by atoms with Crippen molar-refractivity contribution in [2.45, 2.75) is 70.0 Å². The molecule has 0 radical (unpaired) electrons. The summed E-state index contributed by atoms with van der Waals surface area (Å²) in [6, 6.07) is 0. The lowest BCUT2D eigenvalue weighted by Crippen LogP contribution is -2.56. The number of hydrogen-bond acceptors (Lipinski definition) is 6. The van der Waals surface area contributed by atoms with Gasteiger partial charge in [-0.05, 0) is 33.2 Å². The number of fused-ring (bicyclic) bond motifs is 3. The molecule has 8 heteroatoms. The van der Waals surface area contributed by atoms with E-state index in [-0.39, 0.29) is 31.0 Å². The topological polar surface area (TPSA) is 94.9 Å². The van der Waals surface area contributed by atoms with E-state index in [2.05, 4.69) is 10.0 Å². The third-order valence-corrected chi connectivity index (χ3v) is 3.57. The van der Waals surface area contributed by atoms with Gasteiger partial charge in [-0.1, -0.05) is 5.11 Å². The largest absolute Gasteiger partial charge is 0.344 e. The van der Waals surface area contributed by atoms with Crippen LogP contribution in [-0.4, -0.2) is 48.8 Å². The van der Waals surface area contributed by atoms with Gasteiger partial charge in [0.25, 0.3) is 0 Å². The Kier molecular flexibility index (Phi) is 3.20. The second-order valence-corrected chi connectivity index (χ2v) is 6.12. The molecule has 3 aliphatic heterocycles. The number of rotatable bonds is 2. The fourth-order valence-electron chi connectivity index (χ4n) is 2.98. The molecule has 0 bridgehead atoms. The van der Waals surface area contributed by atoms with Crippen molar-refractivity contribution < 1.29 is 23.7 Å². The van der Waals surface area contributed by atoms with Gasteiger partial charge in [0.15, 0.2) is 17.9 Å². The molecule has 0 spiro atoms. The molecule has 3 rings (SSSR count). The molecule has 3 fully saturated rings. The molecule has 20 heavy (non-hydrogen) atoms. The van der Waals surface area contributed by atoms with Crippen LogP contribution in [0, 0.1) is 0 Å². The molecule has 0 saturated carbocycles. The van der Waals surface area contributed by atoms with E-state index in [1.807, 2.05) is 27.7 Å². The average molecular weight is 285 g/mol. The van der Waals surface area contributed by atoms with Gasteiger partial charge in [-0.2, -0.15) is 0 Å². The maximum absolute atomic E-state index is 8.48. The predicted molar refractivity (Wildman–Crippen MR) is 66.5 cm³/mol. The summed E-state index contributed by atoms with van der Waals surface area (Å²) in [6.07, 6.45) is -1.82. The number of ether oxygens (including phenoxy) is 5. The summed E-state index contributed by atoms with van der Waals surface area (Å²) in [7, 11) is 0. The van der Waals surface area contributed by atoms with Gasteiger partial charge >= 0.3 is 0 Å². The first kappa shape index (κ1) is 14.1. The molecule has 112 valence electrons. The van der Waals surface area contributed by atoms with Crippen LogP contribution in [0.15, 0.2) is 5.11 Å². The molecule has 3 aliphatic rings. The molecule has 0 aromatic rings. The second kappa shape index (κ2) is 4.56. The van der Waals surface area contributed by atoms with Crippen molar-refractivity contribution in [2.24, 2.45) is 5.11 Å². The molecule has 0 aromatic carbocycles. The van der Waals surface area contributed by atoms with Crippen molar-refractivity contribution in [2.75, 3.05) is 6.54 Å². The maximum atomic E-state index is 8.48. The standard InChI is InChI=1S/C12H19N3O5/c1-11(2)17-6(5-14-15-13)7-8(18-11)9-10(16-7)20-12(3,4)19-9/h6-10H,5H2,1-4H3/t6-,7?,8?,9?,10?/m0/s1. The van der Waals surface area contributed by atoms with Crippen LogP contribution in [0.3, 0.4) is 0 Å². The summed E-state index contributed by atoms with van der Waals surface area (Å²) in [6.45, 7) is 7.51. The Hall–Kier alpha value is -0.890. The molecular formula is C12H19N3O5. The average Bonchev–Trinajstić information content (AvgIpc) is 2.78. The molecule has 8 nitrogen and oxygen atoms in total. The normalized spacial score (nSPS) is 44.5. The van der Waals surface area contributed by atoms with Crippen LogP contribution in [0.1, 0.15) is 27.7 Å². The fourth-order valence-corrected chi connectivity index (χ4v) is 2.98. The summed E-state index contributed by atoms with van der Waals surface area (Å²) in [5, 5.41) is 3.58. The molecular weight excluding hydrogens is 266 g/mol. The summed E-state index contributed by atoms with van der Waals surface area (Å²) < 4.78 is 29.1. The van der Waals surface area contributed by atoms with E-state index in [1.165, 1.54) is 0 Å². The van der Waals surface area contributed by atoms with E-state index in [1.54, 1.807) is 0 Å². The van der Waals surface area contributed by atoms with Crippen LogP contribution in [0.5, 0.6) is 0 Å². The minimum absolute atomic E-state index is 0.188. The van der Waals surface area contributed by atoms with Crippen LogP contribution < -0.4 is 0 Å². The van der Waals surface area contributed by atoms with E-state index >= 15 is 0 Å². The molecule has 3 saturated heterocycles. The summed E-state index contributed by atoms with van der Waals surface area (Å²) in [4.78, 5) is 2.77. The highest BCUT2D eigenvalue weighted by Crippen LogP contribution is 2.44. The predicted octanol–water partition coefficient (Wildman–Crippen LogP) is 1.69. The van der Waals surface area contributed by atoms with Gasteiger partial charge in [0.05, 0.1) is 12.6 Å². The van der Waals surface area contributed by atoms with Crippen molar-refractivity contribution >= 4 is 0 Å². The second-order valence-electron chi connectivity index (χ2n) is 6.12. The van der Waals surface area contributed by atoms with E-state index in [9.17, 15) is 0 Å². The molecule has 0 aliphatic carbocycles. The van der Waals surface area contributed by atoms with Crippen molar-refractivity contribution in [1.29, 1.82) is 0 Å². The van der Waals surface area contributed by atoms with Crippen molar-refractivity contribution in [3.05, 3.63) is 10.4 Å². The van der Waals surface area contributed by atoms with Gasteiger partial charge in [0.2, 0.25) is 0 Å². The van der Waals surface area contributed by atoms with E-state index in [0.29, 0.717) is 0 Å². The molecule has 5 atom stereocenters. The SMILES string of the molecule is CC1(C)OC2OC3C(OC(C)(C)O[C@H]3CN=[N+]=[N-])C2O1. The van der Waals surface area contributed by atoms with Gasteiger partial charge in [0.1, 0.15) is 18.3 Å². The maximum Gasteiger partial charge on any atom is 0.190 e. The van der Waals surface area contributed by atoms with Crippen LogP contribution in [0.25, 0.3) is 10.4 Å². The van der Waals surface area contributed by atoms with Crippen LogP contribution >= 0.6 is 0 Å². The van der Waals surface area contributed by atoms with Gasteiger partial charge < -0.3 is 23.7 Å². The Morgan fingerprint density at radius 3 is 2.30 bits per heavy atom. The molecule has 0 N–H and O–H groups in total. The first-order valence-electron chi connectivity index (χ1n) is 6.69. The molecule has 3 heterocycles. The third kappa shape index (κ3) is 2.39. The number of nitrogens with zero attached hydrogens (tertiary/aromatic N) is 3.